The van der Waals surface area contributed by atoms with Gasteiger partial charge in [-0.2, -0.15) is 0 Å². The summed E-state index contributed by atoms with van der Waals surface area (Å²) >= 11 is 0. The molecular formula is C21H25N3O6S. The number of nitrogens with zero attached hydrogens (tertiary/aromatic N) is 3. The maximum absolute atomic E-state index is 13.2. The van der Waals surface area contributed by atoms with Crippen molar-refractivity contribution in [2.75, 3.05) is 29.5 Å². The molecule has 1 unspecified atom stereocenters. The van der Waals surface area contributed by atoms with Gasteiger partial charge in [-0.1, -0.05) is 0 Å². The molecule has 2 aliphatic heterocycles. The van der Waals surface area contributed by atoms with Crippen LogP contribution < -0.4 is 4.90 Å². The Morgan fingerprint density at radius 3 is 2.45 bits per heavy atom. The van der Waals surface area contributed by atoms with Crippen LogP contribution >= 0.6 is 0 Å². The van der Waals surface area contributed by atoms with Gasteiger partial charge in [-0.25, -0.2) is 8.42 Å². The first-order valence-electron chi connectivity index (χ1n) is 10.4. The zero-order valence-electron chi connectivity index (χ0n) is 17.1. The standard InChI is InChI=1S/C21H25N3O6S/c25-21(16-4-6-17(7-5-16)24(26)27)23(18-10-13-31(28,29)15-18)14-19-8-9-20(30-19)22-11-2-1-3-12-22/h4-9,18H,1-3,10-15H2. The van der Waals surface area contributed by atoms with Crippen LogP contribution in [0.25, 0.3) is 0 Å². The van der Waals surface area contributed by atoms with Gasteiger partial charge in [-0.3, -0.25) is 14.9 Å². The number of hydrogen-bond donors (Lipinski definition) is 0. The van der Waals surface area contributed by atoms with E-state index in [0.717, 1.165) is 31.8 Å². The van der Waals surface area contributed by atoms with Crippen molar-refractivity contribution in [3.8, 4) is 0 Å². The van der Waals surface area contributed by atoms with Gasteiger partial charge in [0.2, 0.25) is 0 Å². The summed E-state index contributed by atoms with van der Waals surface area (Å²) < 4.78 is 30.1. The van der Waals surface area contributed by atoms with Gasteiger partial charge < -0.3 is 14.2 Å². The summed E-state index contributed by atoms with van der Waals surface area (Å²) in [5, 5.41) is 10.9. The molecule has 3 heterocycles. The highest BCUT2D eigenvalue weighted by Gasteiger charge is 2.35. The van der Waals surface area contributed by atoms with E-state index in [9.17, 15) is 23.3 Å². The number of furan rings is 1. The maximum Gasteiger partial charge on any atom is 0.269 e. The molecule has 31 heavy (non-hydrogen) atoms. The second kappa shape index (κ2) is 8.70. The quantitative estimate of drug-likeness (QED) is 0.494. The van der Waals surface area contributed by atoms with Crippen molar-refractivity contribution in [3.05, 3.63) is 57.8 Å². The molecule has 10 heteroatoms. The summed E-state index contributed by atoms with van der Waals surface area (Å²) in [6.07, 6.45) is 3.79. The third kappa shape index (κ3) is 4.90. The number of piperidine rings is 1. The summed E-state index contributed by atoms with van der Waals surface area (Å²) in [5.74, 6) is 0.925. The van der Waals surface area contributed by atoms with Gasteiger partial charge in [0, 0.05) is 42.9 Å². The van der Waals surface area contributed by atoms with E-state index in [2.05, 4.69) is 4.90 Å². The van der Waals surface area contributed by atoms with Gasteiger partial charge >= 0.3 is 0 Å². The number of amides is 1. The zero-order valence-corrected chi connectivity index (χ0v) is 17.9. The van der Waals surface area contributed by atoms with Gasteiger partial charge in [0.1, 0.15) is 5.76 Å². The first-order chi connectivity index (χ1) is 14.8. The molecule has 2 saturated heterocycles. The largest absolute Gasteiger partial charge is 0.444 e. The first kappa shape index (κ1) is 21.4. The molecule has 2 aromatic rings. The molecule has 2 aliphatic rings. The Morgan fingerprint density at radius 2 is 1.84 bits per heavy atom. The number of carbonyl (C=O) groups excluding carboxylic acids is 1. The molecule has 0 bridgehead atoms. The summed E-state index contributed by atoms with van der Waals surface area (Å²) in [6.45, 7) is 2.00. The predicted molar refractivity (Wildman–Crippen MR) is 115 cm³/mol. The van der Waals surface area contributed by atoms with Crippen molar-refractivity contribution in [2.24, 2.45) is 0 Å². The highest BCUT2D eigenvalue weighted by molar-refractivity contribution is 7.91. The normalized spacial score (nSPS) is 20.5. The molecule has 0 spiro atoms. The van der Waals surface area contributed by atoms with Crippen molar-refractivity contribution >= 4 is 27.3 Å². The number of hydrogen-bond acceptors (Lipinski definition) is 7. The Balaban J connectivity index is 1.56. The monoisotopic (exact) mass is 447 g/mol. The summed E-state index contributed by atoms with van der Waals surface area (Å²) in [4.78, 5) is 27.3. The van der Waals surface area contributed by atoms with Crippen LogP contribution in [0.15, 0.2) is 40.8 Å². The number of rotatable bonds is 6. The van der Waals surface area contributed by atoms with Crippen molar-refractivity contribution in [3.63, 3.8) is 0 Å². The number of nitro benzene ring substituents is 1. The Kier molecular flexibility index (Phi) is 5.99. The van der Waals surface area contributed by atoms with E-state index in [1.54, 1.807) is 0 Å². The number of benzene rings is 1. The molecule has 1 amide bonds. The van der Waals surface area contributed by atoms with Crippen molar-refractivity contribution in [1.29, 1.82) is 0 Å². The van der Waals surface area contributed by atoms with E-state index < -0.39 is 20.8 Å². The van der Waals surface area contributed by atoms with Gasteiger partial charge in [-0.15, -0.1) is 0 Å². The molecule has 1 atom stereocenters. The average Bonchev–Trinajstić information content (AvgIpc) is 3.38. The van der Waals surface area contributed by atoms with Crippen LogP contribution in [-0.4, -0.2) is 54.8 Å². The van der Waals surface area contributed by atoms with Gasteiger partial charge in [-0.05, 0) is 43.9 Å². The van der Waals surface area contributed by atoms with Gasteiger partial charge in [0.15, 0.2) is 15.7 Å². The highest BCUT2D eigenvalue weighted by atomic mass is 32.2. The minimum Gasteiger partial charge on any atom is -0.444 e. The SMILES string of the molecule is O=C(c1ccc([N+](=O)[O-])cc1)N(Cc1ccc(N2CCCCC2)o1)C1CCS(=O)(=O)C1. The molecule has 2 fully saturated rings. The van der Waals surface area contributed by atoms with E-state index >= 15 is 0 Å². The average molecular weight is 448 g/mol. The van der Waals surface area contributed by atoms with E-state index in [1.165, 1.54) is 35.6 Å². The molecule has 1 aromatic heterocycles. The fourth-order valence-electron chi connectivity index (χ4n) is 4.18. The van der Waals surface area contributed by atoms with Crippen molar-refractivity contribution in [2.45, 2.75) is 38.3 Å². The molecule has 0 radical (unpaired) electrons. The summed E-state index contributed by atoms with van der Waals surface area (Å²) in [5.41, 5.74) is 0.168. The fourth-order valence-corrected chi connectivity index (χ4v) is 5.91. The molecule has 0 saturated carbocycles. The molecule has 4 rings (SSSR count). The second-order valence-corrected chi connectivity index (χ2v) is 10.3. The third-order valence-electron chi connectivity index (χ3n) is 5.88. The lowest BCUT2D eigenvalue weighted by molar-refractivity contribution is -0.384. The molecular weight excluding hydrogens is 422 g/mol. The maximum atomic E-state index is 13.2. The van der Waals surface area contributed by atoms with E-state index in [0.29, 0.717) is 12.2 Å². The van der Waals surface area contributed by atoms with E-state index in [1.807, 2.05) is 12.1 Å². The van der Waals surface area contributed by atoms with Crippen LogP contribution in [0.3, 0.4) is 0 Å². The number of anilines is 1. The first-order valence-corrected chi connectivity index (χ1v) is 12.2. The lowest BCUT2D eigenvalue weighted by Gasteiger charge is -2.28. The lowest BCUT2D eigenvalue weighted by Crippen LogP contribution is -2.40. The Bertz CT molecular complexity index is 1060. The predicted octanol–water partition coefficient (Wildman–Crippen LogP) is 3.01. The van der Waals surface area contributed by atoms with Crippen LogP contribution in [-0.2, 0) is 16.4 Å². The van der Waals surface area contributed by atoms with Crippen LogP contribution in [0.5, 0.6) is 0 Å². The molecule has 0 N–H and O–H groups in total. The highest BCUT2D eigenvalue weighted by Crippen LogP contribution is 2.27. The number of nitro groups is 1. The lowest BCUT2D eigenvalue weighted by atomic mass is 10.1. The third-order valence-corrected chi connectivity index (χ3v) is 7.63. The van der Waals surface area contributed by atoms with Crippen LogP contribution in [0.4, 0.5) is 11.6 Å². The second-order valence-electron chi connectivity index (χ2n) is 8.08. The summed E-state index contributed by atoms with van der Waals surface area (Å²) in [6, 6.07) is 8.60. The van der Waals surface area contributed by atoms with Gasteiger partial charge in [0.25, 0.3) is 11.6 Å². The van der Waals surface area contributed by atoms with Gasteiger partial charge in [0.05, 0.1) is 23.0 Å². The minimum absolute atomic E-state index is 0.0406. The van der Waals surface area contributed by atoms with E-state index in [-0.39, 0.29) is 35.2 Å². The molecule has 1 aromatic carbocycles. The van der Waals surface area contributed by atoms with Crippen molar-refractivity contribution in [1.82, 2.24) is 4.90 Å². The van der Waals surface area contributed by atoms with Crippen LogP contribution in [0.1, 0.15) is 41.8 Å². The van der Waals surface area contributed by atoms with Crippen LogP contribution in [0, 0.1) is 10.1 Å². The molecule has 166 valence electrons. The smallest absolute Gasteiger partial charge is 0.269 e. The van der Waals surface area contributed by atoms with Crippen LogP contribution in [0.2, 0.25) is 0 Å². The number of sulfone groups is 1. The summed E-state index contributed by atoms with van der Waals surface area (Å²) in [7, 11) is -3.20. The Hall–Kier alpha value is -2.88. The Morgan fingerprint density at radius 1 is 1.13 bits per heavy atom. The molecule has 0 aliphatic carbocycles. The van der Waals surface area contributed by atoms with Crippen molar-refractivity contribution < 1.29 is 22.6 Å². The fraction of sp³-hybridized carbons (Fsp3) is 0.476. The number of non-ortho nitro benzene ring substituents is 1. The topological polar surface area (TPSA) is 114 Å². The molecule has 9 nitrogen and oxygen atoms in total. The number of carbonyl (C=O) groups is 1. The minimum atomic E-state index is -3.20. The zero-order chi connectivity index (χ0) is 22.0. The van der Waals surface area contributed by atoms with E-state index in [4.69, 9.17) is 4.42 Å². The Labute approximate surface area is 180 Å².